The first-order valence-electron chi connectivity index (χ1n) is 4.66. The number of benzene rings is 1. The third-order valence-corrected chi connectivity index (χ3v) is 3.59. The first-order chi connectivity index (χ1) is 7.28. The minimum absolute atomic E-state index is 0.0196. The Morgan fingerprint density at radius 2 is 2.33 bits per heavy atom. The van der Waals surface area contributed by atoms with E-state index in [2.05, 4.69) is 4.98 Å². The van der Waals surface area contributed by atoms with E-state index in [1.165, 1.54) is 17.4 Å². The first kappa shape index (κ1) is 9.00. The van der Waals surface area contributed by atoms with Crippen molar-refractivity contribution in [2.75, 3.05) is 0 Å². The van der Waals surface area contributed by atoms with Gasteiger partial charge in [-0.2, -0.15) is 0 Å². The predicted octanol–water partition coefficient (Wildman–Crippen LogP) is 2.35. The lowest BCUT2D eigenvalue weighted by molar-refractivity contribution is 0.281. The Morgan fingerprint density at radius 3 is 3.13 bits per heavy atom. The van der Waals surface area contributed by atoms with Crippen LogP contribution in [-0.4, -0.2) is 10.1 Å². The standard InChI is InChI=1S/C11H8FNOS/c12-7-1-2-8-6(3-7)4-9-11(8)13-10(5-14)15-9/h1-3,14H,4-5H2. The fraction of sp³-hybridized carbons (Fsp3) is 0.182. The highest BCUT2D eigenvalue weighted by Gasteiger charge is 2.23. The maximum atomic E-state index is 13.0. The Bertz CT molecular complexity index is 535. The van der Waals surface area contributed by atoms with Gasteiger partial charge in [0.2, 0.25) is 0 Å². The molecule has 76 valence electrons. The highest BCUT2D eigenvalue weighted by atomic mass is 32.1. The highest BCUT2D eigenvalue weighted by Crippen LogP contribution is 2.39. The number of aliphatic hydroxyl groups excluding tert-OH is 1. The Hall–Kier alpha value is -1.26. The average Bonchev–Trinajstić information content (AvgIpc) is 2.73. The normalized spacial score (nSPS) is 12.7. The van der Waals surface area contributed by atoms with Gasteiger partial charge in [-0.3, -0.25) is 0 Å². The summed E-state index contributed by atoms with van der Waals surface area (Å²) in [5.41, 5.74) is 2.91. The second kappa shape index (κ2) is 3.12. The number of hydrogen-bond acceptors (Lipinski definition) is 3. The third kappa shape index (κ3) is 1.29. The summed E-state index contributed by atoms with van der Waals surface area (Å²) in [6, 6.07) is 4.77. The van der Waals surface area contributed by atoms with Crippen LogP contribution in [0.15, 0.2) is 18.2 Å². The van der Waals surface area contributed by atoms with Gasteiger partial charge in [0.1, 0.15) is 10.8 Å². The van der Waals surface area contributed by atoms with E-state index in [-0.39, 0.29) is 12.4 Å². The summed E-state index contributed by atoms with van der Waals surface area (Å²) in [6.45, 7) is -0.0196. The van der Waals surface area contributed by atoms with Gasteiger partial charge in [0.15, 0.2) is 0 Å². The third-order valence-electron chi connectivity index (χ3n) is 2.55. The smallest absolute Gasteiger partial charge is 0.123 e. The number of nitrogens with zero attached hydrogens (tertiary/aromatic N) is 1. The molecule has 0 bridgehead atoms. The van der Waals surface area contributed by atoms with E-state index in [0.717, 1.165) is 33.1 Å². The number of hydrogen-bond donors (Lipinski definition) is 1. The molecule has 2 aromatic rings. The number of aromatic nitrogens is 1. The number of aliphatic hydroxyl groups is 1. The van der Waals surface area contributed by atoms with E-state index < -0.39 is 0 Å². The number of halogens is 1. The van der Waals surface area contributed by atoms with E-state index in [4.69, 9.17) is 5.11 Å². The molecule has 0 aliphatic heterocycles. The van der Waals surface area contributed by atoms with Crippen molar-refractivity contribution in [1.29, 1.82) is 0 Å². The maximum absolute atomic E-state index is 13.0. The van der Waals surface area contributed by atoms with Crippen molar-refractivity contribution in [3.05, 3.63) is 39.5 Å². The van der Waals surface area contributed by atoms with Crippen molar-refractivity contribution in [3.8, 4) is 11.3 Å². The van der Waals surface area contributed by atoms with Gasteiger partial charge in [0, 0.05) is 16.9 Å². The molecule has 1 heterocycles. The van der Waals surface area contributed by atoms with Gasteiger partial charge >= 0.3 is 0 Å². The molecule has 4 heteroatoms. The van der Waals surface area contributed by atoms with E-state index in [9.17, 15) is 4.39 Å². The zero-order valence-electron chi connectivity index (χ0n) is 7.83. The molecule has 0 amide bonds. The van der Waals surface area contributed by atoms with Crippen molar-refractivity contribution in [2.45, 2.75) is 13.0 Å². The van der Waals surface area contributed by atoms with Gasteiger partial charge in [0.05, 0.1) is 12.3 Å². The van der Waals surface area contributed by atoms with Crippen LogP contribution in [0.25, 0.3) is 11.3 Å². The van der Waals surface area contributed by atoms with E-state index in [1.807, 2.05) is 0 Å². The fourth-order valence-corrected chi connectivity index (χ4v) is 2.88. The van der Waals surface area contributed by atoms with Gasteiger partial charge in [0.25, 0.3) is 0 Å². The van der Waals surface area contributed by atoms with Crippen LogP contribution in [0, 0.1) is 5.82 Å². The average molecular weight is 221 g/mol. The molecule has 1 aliphatic rings. The van der Waals surface area contributed by atoms with E-state index >= 15 is 0 Å². The molecule has 15 heavy (non-hydrogen) atoms. The van der Waals surface area contributed by atoms with Crippen LogP contribution in [0.3, 0.4) is 0 Å². The molecule has 1 aromatic carbocycles. The topological polar surface area (TPSA) is 33.1 Å². The van der Waals surface area contributed by atoms with Gasteiger partial charge < -0.3 is 5.11 Å². The summed E-state index contributed by atoms with van der Waals surface area (Å²) < 4.78 is 13.0. The lowest BCUT2D eigenvalue weighted by atomic mass is 10.1. The Morgan fingerprint density at radius 1 is 1.47 bits per heavy atom. The molecule has 0 unspecified atom stereocenters. The molecule has 1 N–H and O–H groups in total. The number of thiazole rings is 1. The largest absolute Gasteiger partial charge is 0.389 e. The Labute approximate surface area is 90.0 Å². The van der Waals surface area contributed by atoms with Crippen LogP contribution in [0.5, 0.6) is 0 Å². The minimum Gasteiger partial charge on any atom is -0.389 e. The van der Waals surface area contributed by atoms with E-state index in [0.29, 0.717) is 0 Å². The van der Waals surface area contributed by atoms with Crippen LogP contribution in [0.4, 0.5) is 4.39 Å². The Balaban J connectivity index is 2.17. The lowest BCUT2D eigenvalue weighted by Gasteiger charge is -1.98. The summed E-state index contributed by atoms with van der Waals surface area (Å²) in [7, 11) is 0. The van der Waals surface area contributed by atoms with Crippen molar-refractivity contribution in [2.24, 2.45) is 0 Å². The van der Waals surface area contributed by atoms with E-state index in [1.54, 1.807) is 12.1 Å². The van der Waals surface area contributed by atoms with Crippen LogP contribution in [0.2, 0.25) is 0 Å². The number of rotatable bonds is 1. The molecule has 1 aliphatic carbocycles. The van der Waals surface area contributed by atoms with Gasteiger partial charge in [-0.15, -0.1) is 11.3 Å². The molecular formula is C11H8FNOS. The molecule has 1 aromatic heterocycles. The molecule has 0 saturated heterocycles. The van der Waals surface area contributed by atoms with Crippen molar-refractivity contribution in [1.82, 2.24) is 4.98 Å². The Kier molecular flexibility index (Phi) is 1.87. The summed E-state index contributed by atoms with van der Waals surface area (Å²) in [5, 5.41) is 9.71. The summed E-state index contributed by atoms with van der Waals surface area (Å²) in [6.07, 6.45) is 0.736. The van der Waals surface area contributed by atoms with Crippen molar-refractivity contribution < 1.29 is 9.50 Å². The molecule has 2 nitrogen and oxygen atoms in total. The first-order valence-corrected chi connectivity index (χ1v) is 5.48. The molecule has 0 saturated carbocycles. The zero-order chi connectivity index (χ0) is 10.4. The lowest BCUT2D eigenvalue weighted by Crippen LogP contribution is -1.85. The van der Waals surface area contributed by atoms with Crippen LogP contribution in [0.1, 0.15) is 15.4 Å². The maximum Gasteiger partial charge on any atom is 0.123 e. The molecular weight excluding hydrogens is 213 g/mol. The van der Waals surface area contributed by atoms with Gasteiger partial charge in [-0.05, 0) is 23.8 Å². The second-order valence-corrected chi connectivity index (χ2v) is 4.68. The predicted molar refractivity (Wildman–Crippen MR) is 56.2 cm³/mol. The van der Waals surface area contributed by atoms with Crippen LogP contribution < -0.4 is 0 Å². The second-order valence-electron chi connectivity index (χ2n) is 3.52. The summed E-state index contributed by atoms with van der Waals surface area (Å²) in [4.78, 5) is 5.45. The zero-order valence-corrected chi connectivity index (χ0v) is 8.64. The summed E-state index contributed by atoms with van der Waals surface area (Å²) in [5.74, 6) is -0.203. The SMILES string of the molecule is OCc1nc2c(s1)Cc1cc(F)ccc1-2. The number of fused-ring (bicyclic) bond motifs is 3. The van der Waals surface area contributed by atoms with Crippen LogP contribution in [-0.2, 0) is 13.0 Å². The van der Waals surface area contributed by atoms with Gasteiger partial charge in [-0.1, -0.05) is 0 Å². The highest BCUT2D eigenvalue weighted by molar-refractivity contribution is 7.12. The molecule has 0 fully saturated rings. The van der Waals surface area contributed by atoms with Crippen molar-refractivity contribution >= 4 is 11.3 Å². The van der Waals surface area contributed by atoms with Crippen LogP contribution >= 0.6 is 11.3 Å². The monoisotopic (exact) mass is 221 g/mol. The molecule has 3 rings (SSSR count). The quantitative estimate of drug-likeness (QED) is 0.684. The summed E-state index contributed by atoms with van der Waals surface area (Å²) >= 11 is 1.50. The fourth-order valence-electron chi connectivity index (χ4n) is 1.91. The molecule has 0 radical (unpaired) electrons. The van der Waals surface area contributed by atoms with Crippen molar-refractivity contribution in [3.63, 3.8) is 0 Å². The molecule has 0 spiro atoms. The minimum atomic E-state index is -0.203. The van der Waals surface area contributed by atoms with Gasteiger partial charge in [-0.25, -0.2) is 9.37 Å². The molecule has 0 atom stereocenters.